The van der Waals surface area contributed by atoms with Crippen LogP contribution in [0.3, 0.4) is 0 Å². The minimum atomic E-state index is 0.551. The second-order valence-corrected chi connectivity index (χ2v) is 4.33. The number of allylic oxidation sites excluding steroid dienone is 3. The van der Waals surface area contributed by atoms with Gasteiger partial charge in [-0.05, 0) is 31.6 Å². The van der Waals surface area contributed by atoms with Gasteiger partial charge < -0.3 is 0 Å². The molecule has 0 saturated heterocycles. The first-order chi connectivity index (χ1) is 5.58. The molecule has 0 radical (unpaired) electrons. The summed E-state index contributed by atoms with van der Waals surface area (Å²) in [5, 5.41) is 0. The van der Waals surface area contributed by atoms with Gasteiger partial charge in [-0.15, -0.1) is 0 Å². The molecule has 0 heterocycles. The Morgan fingerprint density at radius 3 is 2.42 bits per heavy atom. The molecular formula is C12H20. The number of rotatable bonds is 4. The molecular weight excluding hydrogens is 144 g/mol. The van der Waals surface area contributed by atoms with E-state index in [1.165, 1.54) is 31.3 Å². The van der Waals surface area contributed by atoms with Crippen molar-refractivity contribution in [3.05, 3.63) is 23.8 Å². The summed E-state index contributed by atoms with van der Waals surface area (Å²) in [6.45, 7) is 10.6. The summed E-state index contributed by atoms with van der Waals surface area (Å²) in [6.07, 6.45) is 7.56. The summed E-state index contributed by atoms with van der Waals surface area (Å²) < 4.78 is 0. The Kier molecular flexibility index (Phi) is 2.76. The molecule has 0 aliphatic heterocycles. The summed E-state index contributed by atoms with van der Waals surface area (Å²) in [6, 6.07) is 0. The number of hydrogen-bond donors (Lipinski definition) is 0. The van der Waals surface area contributed by atoms with E-state index >= 15 is 0 Å². The Balaban J connectivity index is 2.67. The molecule has 0 aromatic carbocycles. The van der Waals surface area contributed by atoms with E-state index in [1.807, 2.05) is 0 Å². The van der Waals surface area contributed by atoms with Crippen LogP contribution in [0.1, 0.15) is 46.5 Å². The third-order valence-corrected chi connectivity index (χ3v) is 2.72. The van der Waals surface area contributed by atoms with Crippen molar-refractivity contribution in [2.75, 3.05) is 0 Å². The van der Waals surface area contributed by atoms with Crippen molar-refractivity contribution < 1.29 is 0 Å². The zero-order chi connectivity index (χ0) is 9.19. The lowest BCUT2D eigenvalue weighted by Gasteiger charge is -2.13. The summed E-state index contributed by atoms with van der Waals surface area (Å²) in [5.41, 5.74) is 3.37. The van der Waals surface area contributed by atoms with Gasteiger partial charge >= 0.3 is 0 Å². The third-order valence-electron chi connectivity index (χ3n) is 2.72. The first-order valence-electron chi connectivity index (χ1n) is 4.95. The van der Waals surface area contributed by atoms with E-state index in [2.05, 4.69) is 33.4 Å². The minimum absolute atomic E-state index is 0.551. The Labute approximate surface area is 76.4 Å². The molecule has 0 aromatic rings. The molecule has 0 unspecified atom stereocenters. The fourth-order valence-electron chi connectivity index (χ4n) is 1.62. The second kappa shape index (κ2) is 3.47. The maximum Gasteiger partial charge on any atom is -0.0113 e. The van der Waals surface area contributed by atoms with Crippen molar-refractivity contribution in [2.45, 2.75) is 46.5 Å². The van der Waals surface area contributed by atoms with E-state index in [9.17, 15) is 0 Å². The lowest BCUT2D eigenvalue weighted by Crippen LogP contribution is -1.98. The maximum atomic E-state index is 3.94. The van der Waals surface area contributed by atoms with E-state index in [-0.39, 0.29) is 0 Å². The average molecular weight is 164 g/mol. The van der Waals surface area contributed by atoms with Gasteiger partial charge in [-0.3, -0.25) is 0 Å². The topological polar surface area (TPSA) is 0 Å². The average Bonchev–Trinajstić information content (AvgIpc) is 2.68. The molecule has 0 heteroatoms. The van der Waals surface area contributed by atoms with Gasteiger partial charge in [-0.1, -0.05) is 44.1 Å². The Hall–Kier alpha value is -0.520. The highest BCUT2D eigenvalue weighted by molar-refractivity contribution is 5.27. The number of hydrogen-bond acceptors (Lipinski definition) is 0. The van der Waals surface area contributed by atoms with E-state index < -0.39 is 0 Å². The highest BCUT2D eigenvalue weighted by Crippen LogP contribution is 2.52. The highest BCUT2D eigenvalue weighted by atomic mass is 14.4. The van der Waals surface area contributed by atoms with Gasteiger partial charge in [-0.25, -0.2) is 0 Å². The Morgan fingerprint density at radius 1 is 1.50 bits per heavy atom. The van der Waals surface area contributed by atoms with Crippen LogP contribution in [-0.4, -0.2) is 0 Å². The third kappa shape index (κ3) is 2.23. The van der Waals surface area contributed by atoms with Crippen molar-refractivity contribution in [1.29, 1.82) is 0 Å². The maximum absolute atomic E-state index is 3.94. The molecule has 12 heavy (non-hydrogen) atoms. The summed E-state index contributed by atoms with van der Waals surface area (Å²) in [7, 11) is 0. The van der Waals surface area contributed by atoms with Crippen LogP contribution in [-0.2, 0) is 0 Å². The molecule has 1 aliphatic carbocycles. The molecule has 0 aromatic heterocycles. The normalized spacial score (nSPS) is 20.8. The lowest BCUT2D eigenvalue weighted by molar-refractivity contribution is 0.637. The fourth-order valence-corrected chi connectivity index (χ4v) is 1.62. The van der Waals surface area contributed by atoms with Crippen LogP contribution in [0, 0.1) is 5.41 Å². The van der Waals surface area contributed by atoms with Gasteiger partial charge in [0.05, 0.1) is 0 Å². The van der Waals surface area contributed by atoms with Crippen LogP contribution >= 0.6 is 0 Å². The van der Waals surface area contributed by atoms with Crippen LogP contribution in [0.4, 0.5) is 0 Å². The smallest absolute Gasteiger partial charge is 0.0113 e. The zero-order valence-electron chi connectivity index (χ0n) is 8.61. The molecule has 0 bridgehead atoms. The van der Waals surface area contributed by atoms with E-state index in [0.29, 0.717) is 5.41 Å². The van der Waals surface area contributed by atoms with Gasteiger partial charge in [0.15, 0.2) is 0 Å². The SMILES string of the molecule is C=C(C)/C=C(\CCC)C1(C)CC1. The van der Waals surface area contributed by atoms with Crippen LogP contribution in [0.5, 0.6) is 0 Å². The molecule has 0 spiro atoms. The van der Waals surface area contributed by atoms with Crippen LogP contribution in [0.25, 0.3) is 0 Å². The summed E-state index contributed by atoms with van der Waals surface area (Å²) in [4.78, 5) is 0. The summed E-state index contributed by atoms with van der Waals surface area (Å²) in [5.74, 6) is 0. The predicted octanol–water partition coefficient (Wildman–Crippen LogP) is 4.09. The first-order valence-corrected chi connectivity index (χ1v) is 4.95. The molecule has 0 atom stereocenters. The van der Waals surface area contributed by atoms with E-state index in [1.54, 1.807) is 5.57 Å². The van der Waals surface area contributed by atoms with E-state index in [0.717, 1.165) is 0 Å². The van der Waals surface area contributed by atoms with Gasteiger partial charge in [0.1, 0.15) is 0 Å². The second-order valence-electron chi connectivity index (χ2n) is 4.33. The predicted molar refractivity (Wildman–Crippen MR) is 55.1 cm³/mol. The first kappa shape index (κ1) is 9.57. The quantitative estimate of drug-likeness (QED) is 0.549. The standard InChI is InChI=1S/C12H20/c1-5-6-11(9-10(2)3)12(4)7-8-12/h9H,2,5-8H2,1,3-4H3/b11-9+. The largest absolute Gasteiger partial charge is 0.0961 e. The van der Waals surface area contributed by atoms with Crippen LogP contribution in [0.2, 0.25) is 0 Å². The van der Waals surface area contributed by atoms with Crippen molar-refractivity contribution in [3.8, 4) is 0 Å². The molecule has 0 nitrogen and oxygen atoms in total. The zero-order valence-corrected chi connectivity index (χ0v) is 8.61. The highest BCUT2D eigenvalue weighted by Gasteiger charge is 2.39. The monoisotopic (exact) mass is 164 g/mol. The molecule has 1 aliphatic rings. The van der Waals surface area contributed by atoms with Crippen molar-refractivity contribution in [3.63, 3.8) is 0 Å². The molecule has 1 saturated carbocycles. The minimum Gasteiger partial charge on any atom is -0.0961 e. The molecule has 1 rings (SSSR count). The fraction of sp³-hybridized carbons (Fsp3) is 0.667. The van der Waals surface area contributed by atoms with Gasteiger partial charge in [-0.2, -0.15) is 0 Å². The summed E-state index contributed by atoms with van der Waals surface area (Å²) >= 11 is 0. The Morgan fingerprint density at radius 2 is 2.08 bits per heavy atom. The van der Waals surface area contributed by atoms with Crippen molar-refractivity contribution in [2.24, 2.45) is 5.41 Å². The molecule has 0 amide bonds. The molecule has 68 valence electrons. The van der Waals surface area contributed by atoms with Gasteiger partial charge in [0, 0.05) is 0 Å². The molecule has 0 N–H and O–H groups in total. The molecule has 1 fully saturated rings. The van der Waals surface area contributed by atoms with Crippen LogP contribution < -0.4 is 0 Å². The van der Waals surface area contributed by atoms with Crippen LogP contribution in [0.15, 0.2) is 23.8 Å². The van der Waals surface area contributed by atoms with E-state index in [4.69, 9.17) is 0 Å². The van der Waals surface area contributed by atoms with Gasteiger partial charge in [0.2, 0.25) is 0 Å². The van der Waals surface area contributed by atoms with Crippen molar-refractivity contribution >= 4 is 0 Å². The van der Waals surface area contributed by atoms with Crippen molar-refractivity contribution in [1.82, 2.24) is 0 Å². The Bertz CT molecular complexity index is 204. The van der Waals surface area contributed by atoms with Gasteiger partial charge in [0.25, 0.3) is 0 Å². The lowest BCUT2D eigenvalue weighted by atomic mass is 9.92.